The van der Waals surface area contributed by atoms with Crippen LogP contribution in [0, 0.1) is 5.92 Å². The molecule has 0 aromatic heterocycles. The summed E-state index contributed by atoms with van der Waals surface area (Å²) in [7, 11) is 0.212. The van der Waals surface area contributed by atoms with Gasteiger partial charge in [-0.15, -0.1) is 0 Å². The van der Waals surface area contributed by atoms with Crippen LogP contribution < -0.4 is 0 Å². The zero-order valence-corrected chi connectivity index (χ0v) is 8.81. The molecule has 0 fully saturated rings. The number of hydrogen-bond donors (Lipinski definition) is 0. The summed E-state index contributed by atoms with van der Waals surface area (Å²) < 4.78 is 15.8. The molecule has 0 heterocycles. The molecule has 0 N–H and O–H groups in total. The van der Waals surface area contributed by atoms with Crippen molar-refractivity contribution in [1.82, 2.24) is 0 Å². The fourth-order valence-corrected chi connectivity index (χ4v) is 2.00. The van der Waals surface area contributed by atoms with Gasteiger partial charge >= 0.3 is 5.97 Å². The van der Waals surface area contributed by atoms with Crippen molar-refractivity contribution < 1.29 is 13.7 Å². The highest BCUT2D eigenvalue weighted by atomic mass is 32.2. The average molecular weight is 192 g/mol. The molecule has 0 aliphatic carbocycles. The lowest BCUT2D eigenvalue weighted by Crippen LogP contribution is -2.26. The maximum absolute atomic E-state index is 11.4. The van der Waals surface area contributed by atoms with Gasteiger partial charge in [0, 0.05) is 16.6 Å². The first kappa shape index (κ1) is 11.6. The summed E-state index contributed by atoms with van der Waals surface area (Å²) in [6.45, 7) is 5.58. The molecule has 0 amide bonds. The Kier molecular flexibility index (Phi) is 5.13. The van der Waals surface area contributed by atoms with Gasteiger partial charge in [0.15, 0.2) is 0 Å². The van der Waals surface area contributed by atoms with Crippen molar-refractivity contribution in [2.24, 2.45) is 5.92 Å². The lowest BCUT2D eigenvalue weighted by atomic mass is 10.3. The fraction of sp³-hybridized carbons (Fsp3) is 0.875. The van der Waals surface area contributed by atoms with Crippen LogP contribution in [-0.2, 0) is 20.3 Å². The van der Waals surface area contributed by atoms with Crippen molar-refractivity contribution in [2.75, 3.05) is 12.9 Å². The van der Waals surface area contributed by atoms with E-state index in [1.807, 2.05) is 13.8 Å². The van der Waals surface area contributed by atoms with Gasteiger partial charge in [-0.3, -0.25) is 9.00 Å². The van der Waals surface area contributed by atoms with Gasteiger partial charge in [-0.05, 0) is 12.8 Å². The van der Waals surface area contributed by atoms with E-state index in [2.05, 4.69) is 4.74 Å². The molecule has 0 radical (unpaired) electrons. The Hall–Kier alpha value is -0.380. The third kappa shape index (κ3) is 3.85. The molecule has 3 nitrogen and oxygen atoms in total. The van der Waals surface area contributed by atoms with Gasteiger partial charge in [0.2, 0.25) is 0 Å². The summed E-state index contributed by atoms with van der Waals surface area (Å²) in [6, 6.07) is 0. The van der Waals surface area contributed by atoms with E-state index in [0.717, 1.165) is 0 Å². The van der Waals surface area contributed by atoms with E-state index in [0.29, 0.717) is 11.7 Å². The molecular formula is C8H16O3S. The highest BCUT2D eigenvalue weighted by Crippen LogP contribution is 2.03. The van der Waals surface area contributed by atoms with E-state index in [4.69, 9.17) is 0 Å². The van der Waals surface area contributed by atoms with Crippen LogP contribution in [0.3, 0.4) is 0 Å². The van der Waals surface area contributed by atoms with E-state index in [9.17, 15) is 9.00 Å². The first-order chi connectivity index (χ1) is 5.49. The van der Waals surface area contributed by atoms with E-state index >= 15 is 0 Å². The van der Waals surface area contributed by atoms with Gasteiger partial charge in [0.05, 0.1) is 7.11 Å². The lowest BCUT2D eigenvalue weighted by Gasteiger charge is -2.10. The molecule has 0 bridgehead atoms. The van der Waals surface area contributed by atoms with Crippen molar-refractivity contribution in [2.45, 2.75) is 26.0 Å². The van der Waals surface area contributed by atoms with Gasteiger partial charge in [0.1, 0.15) is 5.25 Å². The highest BCUT2D eigenvalue weighted by Gasteiger charge is 2.20. The number of hydrogen-bond acceptors (Lipinski definition) is 3. The van der Waals surface area contributed by atoms with E-state index in [1.54, 1.807) is 6.92 Å². The zero-order valence-electron chi connectivity index (χ0n) is 7.99. The summed E-state index contributed by atoms with van der Waals surface area (Å²) >= 11 is 0. The van der Waals surface area contributed by atoms with E-state index < -0.39 is 22.0 Å². The highest BCUT2D eigenvalue weighted by molar-refractivity contribution is 7.86. The number of ether oxygens (including phenoxy) is 1. The number of rotatable bonds is 4. The van der Waals surface area contributed by atoms with Gasteiger partial charge in [0.25, 0.3) is 0 Å². The fourth-order valence-electron chi connectivity index (χ4n) is 0.746. The second-order valence-electron chi connectivity index (χ2n) is 3.11. The number of carbonyl (C=O) groups excluding carboxylic acids is 1. The Bertz CT molecular complexity index is 177. The van der Waals surface area contributed by atoms with E-state index in [1.165, 1.54) is 7.11 Å². The maximum Gasteiger partial charge on any atom is 0.321 e. The van der Waals surface area contributed by atoms with Crippen molar-refractivity contribution in [3.8, 4) is 0 Å². The van der Waals surface area contributed by atoms with Crippen LogP contribution >= 0.6 is 0 Å². The molecule has 0 rings (SSSR count). The molecule has 0 aliphatic rings. The second kappa shape index (κ2) is 5.30. The Labute approximate surface area is 75.9 Å². The van der Waals surface area contributed by atoms with Gasteiger partial charge in [-0.1, -0.05) is 13.8 Å². The minimum absolute atomic E-state index is 0.345. The van der Waals surface area contributed by atoms with Crippen molar-refractivity contribution in [3.63, 3.8) is 0 Å². The molecule has 0 aromatic rings. The summed E-state index contributed by atoms with van der Waals surface area (Å²) in [5, 5.41) is -0.502. The molecule has 72 valence electrons. The number of carbonyl (C=O) groups is 1. The standard InChI is InChI=1S/C8H16O3S/c1-6(2)5-12(10)7(3)8(9)11-4/h6-7H,5H2,1-4H3. The van der Waals surface area contributed by atoms with Crippen LogP contribution in [-0.4, -0.2) is 28.3 Å². The minimum Gasteiger partial charge on any atom is -0.468 e. The van der Waals surface area contributed by atoms with Crippen molar-refractivity contribution >= 4 is 16.8 Å². The molecule has 0 aromatic carbocycles. The Morgan fingerprint density at radius 3 is 2.25 bits per heavy atom. The number of esters is 1. The third-order valence-electron chi connectivity index (χ3n) is 1.43. The summed E-state index contributed by atoms with van der Waals surface area (Å²) in [6.07, 6.45) is 0. The van der Waals surface area contributed by atoms with Crippen LogP contribution in [0.5, 0.6) is 0 Å². The summed E-state index contributed by atoms with van der Waals surface area (Å²) in [4.78, 5) is 10.9. The van der Waals surface area contributed by atoms with Crippen molar-refractivity contribution in [1.29, 1.82) is 0 Å². The Morgan fingerprint density at radius 1 is 1.42 bits per heavy atom. The lowest BCUT2D eigenvalue weighted by molar-refractivity contribution is -0.139. The molecule has 12 heavy (non-hydrogen) atoms. The molecular weight excluding hydrogens is 176 g/mol. The van der Waals surface area contributed by atoms with Crippen LogP contribution in [0.4, 0.5) is 0 Å². The normalized spacial score (nSPS) is 15.8. The van der Waals surface area contributed by atoms with Crippen molar-refractivity contribution in [3.05, 3.63) is 0 Å². The average Bonchev–Trinajstić information content (AvgIpc) is 2.00. The molecule has 4 heteroatoms. The molecule has 2 unspecified atom stereocenters. The summed E-state index contributed by atoms with van der Waals surface area (Å²) in [5.41, 5.74) is 0. The first-order valence-electron chi connectivity index (χ1n) is 3.94. The Morgan fingerprint density at radius 2 is 1.92 bits per heavy atom. The molecule has 0 saturated heterocycles. The quantitative estimate of drug-likeness (QED) is 0.623. The Balaban J connectivity index is 4.01. The SMILES string of the molecule is COC(=O)C(C)S(=O)CC(C)C. The van der Waals surface area contributed by atoms with E-state index in [-0.39, 0.29) is 0 Å². The predicted molar refractivity (Wildman–Crippen MR) is 49.3 cm³/mol. The monoisotopic (exact) mass is 192 g/mol. The third-order valence-corrected chi connectivity index (χ3v) is 3.40. The van der Waals surface area contributed by atoms with Crippen LogP contribution in [0.25, 0.3) is 0 Å². The minimum atomic E-state index is -1.10. The van der Waals surface area contributed by atoms with Crippen LogP contribution in [0.15, 0.2) is 0 Å². The zero-order chi connectivity index (χ0) is 9.72. The number of methoxy groups -OCH3 is 1. The molecule has 0 aliphatic heterocycles. The van der Waals surface area contributed by atoms with Gasteiger partial charge in [-0.2, -0.15) is 0 Å². The van der Waals surface area contributed by atoms with Gasteiger partial charge < -0.3 is 4.74 Å². The molecule has 0 spiro atoms. The molecule has 2 atom stereocenters. The maximum atomic E-state index is 11.4. The summed E-state index contributed by atoms with van der Waals surface area (Å²) in [5.74, 6) is 0.503. The molecule has 0 saturated carbocycles. The first-order valence-corrected chi connectivity index (χ1v) is 5.32. The largest absolute Gasteiger partial charge is 0.468 e. The van der Waals surface area contributed by atoms with Gasteiger partial charge in [-0.25, -0.2) is 0 Å². The second-order valence-corrected chi connectivity index (χ2v) is 4.91. The smallest absolute Gasteiger partial charge is 0.321 e. The predicted octanol–water partition coefficient (Wildman–Crippen LogP) is 0.953. The topological polar surface area (TPSA) is 43.4 Å². The van der Waals surface area contributed by atoms with Crippen LogP contribution in [0.2, 0.25) is 0 Å². The van der Waals surface area contributed by atoms with Crippen LogP contribution in [0.1, 0.15) is 20.8 Å².